The minimum atomic E-state index is -0.309. The Balaban J connectivity index is 2.22. The molecule has 0 atom stereocenters. The van der Waals surface area contributed by atoms with Crippen LogP contribution in [0.2, 0.25) is 5.02 Å². The molecule has 1 aromatic heterocycles. The van der Waals surface area contributed by atoms with E-state index in [2.05, 4.69) is 10.3 Å². The standard InChI is InChI=1S/C11H10ClN3OS/c1-6-5-14-11(17-6)15-10(16)8-4-7(13)2-3-9(8)12/h2-5H,13H2,1H3,(H,14,15,16). The van der Waals surface area contributed by atoms with Crippen LogP contribution in [0.15, 0.2) is 24.4 Å². The maximum Gasteiger partial charge on any atom is 0.259 e. The van der Waals surface area contributed by atoms with Crippen LogP contribution in [-0.2, 0) is 0 Å². The molecule has 0 fully saturated rings. The molecular formula is C11H10ClN3OS. The van der Waals surface area contributed by atoms with Gasteiger partial charge < -0.3 is 5.73 Å². The lowest BCUT2D eigenvalue weighted by Gasteiger charge is -2.04. The summed E-state index contributed by atoms with van der Waals surface area (Å²) in [5, 5.41) is 3.59. The fourth-order valence-electron chi connectivity index (χ4n) is 1.29. The normalized spacial score (nSPS) is 10.2. The van der Waals surface area contributed by atoms with Gasteiger partial charge >= 0.3 is 0 Å². The minimum absolute atomic E-state index is 0.309. The molecule has 3 N–H and O–H groups in total. The SMILES string of the molecule is Cc1cnc(NC(=O)c2cc(N)ccc2Cl)s1. The van der Waals surface area contributed by atoms with E-state index in [0.29, 0.717) is 21.4 Å². The third-order valence-electron chi connectivity index (χ3n) is 2.08. The number of thiazole rings is 1. The topological polar surface area (TPSA) is 68.0 Å². The molecule has 0 aliphatic heterocycles. The van der Waals surface area contributed by atoms with Crippen LogP contribution in [0.3, 0.4) is 0 Å². The van der Waals surface area contributed by atoms with Crippen LogP contribution in [0, 0.1) is 6.92 Å². The van der Waals surface area contributed by atoms with E-state index in [1.54, 1.807) is 18.3 Å². The molecule has 0 radical (unpaired) electrons. The predicted octanol–water partition coefficient (Wildman–Crippen LogP) is 2.94. The lowest BCUT2D eigenvalue weighted by atomic mass is 10.2. The molecule has 4 nitrogen and oxygen atoms in total. The lowest BCUT2D eigenvalue weighted by molar-refractivity contribution is 0.102. The zero-order chi connectivity index (χ0) is 12.4. The summed E-state index contributed by atoms with van der Waals surface area (Å²) < 4.78 is 0. The number of nitrogen functional groups attached to an aromatic ring is 1. The number of anilines is 2. The molecule has 1 amide bonds. The molecule has 1 heterocycles. The number of hydrogen-bond donors (Lipinski definition) is 2. The molecule has 0 spiro atoms. The van der Waals surface area contributed by atoms with Crippen molar-refractivity contribution in [3.63, 3.8) is 0 Å². The maximum absolute atomic E-state index is 11.9. The van der Waals surface area contributed by atoms with Gasteiger partial charge in [0, 0.05) is 16.8 Å². The second-order valence-electron chi connectivity index (χ2n) is 3.47. The molecule has 0 bridgehead atoms. The maximum atomic E-state index is 11.9. The van der Waals surface area contributed by atoms with Crippen molar-refractivity contribution in [1.82, 2.24) is 4.98 Å². The number of carbonyl (C=O) groups is 1. The Bertz CT molecular complexity index is 568. The van der Waals surface area contributed by atoms with Crippen molar-refractivity contribution in [2.24, 2.45) is 0 Å². The zero-order valence-electron chi connectivity index (χ0n) is 9.03. The number of aryl methyl sites for hydroxylation is 1. The van der Waals surface area contributed by atoms with Crippen molar-refractivity contribution in [1.29, 1.82) is 0 Å². The fraction of sp³-hybridized carbons (Fsp3) is 0.0909. The van der Waals surface area contributed by atoms with Crippen LogP contribution < -0.4 is 11.1 Å². The van der Waals surface area contributed by atoms with E-state index in [-0.39, 0.29) is 5.91 Å². The number of nitrogens with two attached hydrogens (primary N) is 1. The van der Waals surface area contributed by atoms with Gasteiger partial charge in [0.2, 0.25) is 0 Å². The first-order chi connectivity index (χ1) is 8.06. The highest BCUT2D eigenvalue weighted by Crippen LogP contribution is 2.22. The van der Waals surface area contributed by atoms with Crippen LogP contribution in [0.1, 0.15) is 15.2 Å². The molecule has 17 heavy (non-hydrogen) atoms. The summed E-state index contributed by atoms with van der Waals surface area (Å²) in [5.74, 6) is -0.309. The van der Waals surface area contributed by atoms with Gasteiger partial charge in [-0.15, -0.1) is 11.3 Å². The monoisotopic (exact) mass is 267 g/mol. The zero-order valence-corrected chi connectivity index (χ0v) is 10.6. The van der Waals surface area contributed by atoms with E-state index in [0.717, 1.165) is 4.88 Å². The number of carbonyl (C=O) groups excluding carboxylic acids is 1. The summed E-state index contributed by atoms with van der Waals surface area (Å²) in [4.78, 5) is 17.0. The molecule has 6 heteroatoms. The van der Waals surface area contributed by atoms with Crippen molar-refractivity contribution < 1.29 is 4.79 Å². The number of rotatable bonds is 2. The molecule has 0 saturated carbocycles. The molecule has 88 valence electrons. The number of nitrogens with one attached hydrogen (secondary N) is 1. The molecule has 1 aromatic carbocycles. The van der Waals surface area contributed by atoms with Crippen LogP contribution in [-0.4, -0.2) is 10.9 Å². The van der Waals surface area contributed by atoms with E-state index < -0.39 is 0 Å². The van der Waals surface area contributed by atoms with E-state index in [1.807, 2.05) is 6.92 Å². The second-order valence-corrected chi connectivity index (χ2v) is 5.11. The molecule has 2 rings (SSSR count). The van der Waals surface area contributed by atoms with Crippen LogP contribution in [0.25, 0.3) is 0 Å². The third kappa shape index (κ3) is 2.75. The van der Waals surface area contributed by atoms with E-state index in [1.165, 1.54) is 17.4 Å². The van der Waals surface area contributed by atoms with E-state index in [4.69, 9.17) is 17.3 Å². The Kier molecular flexibility index (Phi) is 3.31. The number of amides is 1. The van der Waals surface area contributed by atoms with Gasteiger partial charge in [-0.1, -0.05) is 11.6 Å². The van der Waals surface area contributed by atoms with Gasteiger partial charge in [-0.3, -0.25) is 10.1 Å². The number of benzene rings is 1. The number of nitrogens with zero attached hydrogens (tertiary/aromatic N) is 1. The van der Waals surface area contributed by atoms with Crippen molar-refractivity contribution >= 4 is 39.7 Å². The summed E-state index contributed by atoms with van der Waals surface area (Å²) in [5.41, 5.74) is 6.45. The molecular weight excluding hydrogens is 258 g/mol. The van der Waals surface area contributed by atoms with E-state index >= 15 is 0 Å². The summed E-state index contributed by atoms with van der Waals surface area (Å²) in [7, 11) is 0. The summed E-state index contributed by atoms with van der Waals surface area (Å²) in [6.45, 7) is 1.92. The predicted molar refractivity (Wildman–Crippen MR) is 70.7 cm³/mol. The Morgan fingerprint density at radius 2 is 2.29 bits per heavy atom. The third-order valence-corrected chi connectivity index (χ3v) is 3.23. The first-order valence-electron chi connectivity index (χ1n) is 4.85. The van der Waals surface area contributed by atoms with Crippen LogP contribution in [0.4, 0.5) is 10.8 Å². The Morgan fingerprint density at radius 1 is 1.53 bits per heavy atom. The fourth-order valence-corrected chi connectivity index (χ4v) is 2.16. The van der Waals surface area contributed by atoms with Crippen molar-refractivity contribution in [2.75, 3.05) is 11.1 Å². The highest BCUT2D eigenvalue weighted by Gasteiger charge is 2.12. The minimum Gasteiger partial charge on any atom is -0.399 e. The number of halogens is 1. The smallest absolute Gasteiger partial charge is 0.259 e. The highest BCUT2D eigenvalue weighted by atomic mass is 35.5. The first kappa shape index (κ1) is 11.9. The van der Waals surface area contributed by atoms with Crippen molar-refractivity contribution in [3.8, 4) is 0 Å². The van der Waals surface area contributed by atoms with Gasteiger partial charge in [-0.2, -0.15) is 0 Å². The molecule has 0 saturated heterocycles. The molecule has 0 unspecified atom stereocenters. The Morgan fingerprint density at radius 3 is 2.94 bits per heavy atom. The second kappa shape index (κ2) is 4.73. The summed E-state index contributed by atoms with van der Waals surface area (Å²) in [6, 6.07) is 4.78. The average molecular weight is 268 g/mol. The Labute approximate surface area is 107 Å². The van der Waals surface area contributed by atoms with E-state index in [9.17, 15) is 4.79 Å². The lowest BCUT2D eigenvalue weighted by Crippen LogP contribution is -2.12. The van der Waals surface area contributed by atoms with Crippen molar-refractivity contribution in [2.45, 2.75) is 6.92 Å². The van der Waals surface area contributed by atoms with Gasteiger partial charge in [-0.05, 0) is 25.1 Å². The van der Waals surface area contributed by atoms with Crippen molar-refractivity contribution in [3.05, 3.63) is 39.9 Å². The van der Waals surface area contributed by atoms with Gasteiger partial charge in [0.05, 0.1) is 10.6 Å². The summed E-state index contributed by atoms with van der Waals surface area (Å²) in [6.07, 6.45) is 1.70. The van der Waals surface area contributed by atoms with Gasteiger partial charge in [-0.25, -0.2) is 4.98 Å². The highest BCUT2D eigenvalue weighted by molar-refractivity contribution is 7.15. The van der Waals surface area contributed by atoms with Gasteiger partial charge in [0.1, 0.15) is 0 Å². The molecule has 0 aliphatic rings. The van der Waals surface area contributed by atoms with Gasteiger partial charge in [0.15, 0.2) is 5.13 Å². The largest absolute Gasteiger partial charge is 0.399 e. The molecule has 2 aromatic rings. The average Bonchev–Trinajstić information content (AvgIpc) is 2.67. The summed E-state index contributed by atoms with van der Waals surface area (Å²) >= 11 is 7.33. The quantitative estimate of drug-likeness (QED) is 0.822. The van der Waals surface area contributed by atoms with Gasteiger partial charge in [0.25, 0.3) is 5.91 Å². The molecule has 0 aliphatic carbocycles. The number of hydrogen-bond acceptors (Lipinski definition) is 4. The Hall–Kier alpha value is -1.59. The first-order valence-corrected chi connectivity index (χ1v) is 6.04. The van der Waals surface area contributed by atoms with Crippen LogP contribution in [0.5, 0.6) is 0 Å². The number of aromatic nitrogens is 1. The van der Waals surface area contributed by atoms with Crippen LogP contribution >= 0.6 is 22.9 Å².